The van der Waals surface area contributed by atoms with Crippen molar-refractivity contribution in [3.63, 3.8) is 0 Å². The van der Waals surface area contributed by atoms with Crippen molar-refractivity contribution in [1.82, 2.24) is 5.32 Å². The minimum Gasteiger partial charge on any atom is -0.481 e. The van der Waals surface area contributed by atoms with Gasteiger partial charge in [0.05, 0.1) is 0 Å². The number of carboxylic acids is 1. The quantitative estimate of drug-likeness (QED) is 0.548. The summed E-state index contributed by atoms with van der Waals surface area (Å²) in [6.45, 7) is 2.64. The first kappa shape index (κ1) is 15.9. The molecule has 0 saturated carbocycles. The summed E-state index contributed by atoms with van der Waals surface area (Å²) in [6, 6.07) is 0. The second-order valence-electron chi connectivity index (χ2n) is 4.32. The van der Waals surface area contributed by atoms with Crippen LogP contribution in [0.1, 0.15) is 64.7 Å². The summed E-state index contributed by atoms with van der Waals surface area (Å²) in [4.78, 5) is 21.2. The highest BCUT2D eigenvalue weighted by Crippen LogP contribution is 2.08. The van der Waals surface area contributed by atoms with Crippen molar-refractivity contribution in [1.29, 1.82) is 0 Å². The molecule has 0 atom stereocenters. The first-order valence-corrected chi connectivity index (χ1v) is 6.65. The first-order valence-electron chi connectivity index (χ1n) is 6.65. The van der Waals surface area contributed by atoms with Gasteiger partial charge in [0.1, 0.15) is 0 Å². The Bertz CT molecular complexity index is 217. The molecule has 17 heavy (non-hydrogen) atoms. The molecule has 0 saturated heterocycles. The maximum absolute atomic E-state index is 10.9. The predicted octanol–water partition coefficient (Wildman–Crippen LogP) is 2.72. The second kappa shape index (κ2) is 11.4. The Labute approximate surface area is 104 Å². The van der Waals surface area contributed by atoms with Crippen molar-refractivity contribution in [3.05, 3.63) is 0 Å². The zero-order valence-corrected chi connectivity index (χ0v) is 10.8. The Morgan fingerprint density at radius 3 is 2.00 bits per heavy atom. The van der Waals surface area contributed by atoms with Gasteiger partial charge in [-0.3, -0.25) is 9.59 Å². The molecule has 2 N–H and O–H groups in total. The summed E-state index contributed by atoms with van der Waals surface area (Å²) in [6.07, 6.45) is 8.31. The fourth-order valence-corrected chi connectivity index (χ4v) is 1.64. The smallest absolute Gasteiger partial charge is 0.303 e. The second-order valence-corrected chi connectivity index (χ2v) is 4.32. The molecule has 100 valence electrons. The van der Waals surface area contributed by atoms with Gasteiger partial charge in [-0.05, 0) is 12.8 Å². The SMILES string of the molecule is CCC(=O)NCCCCCCCCCC(=O)O. The van der Waals surface area contributed by atoms with Crippen LogP contribution in [-0.4, -0.2) is 23.5 Å². The molecule has 0 heterocycles. The molecular weight excluding hydrogens is 218 g/mol. The van der Waals surface area contributed by atoms with Gasteiger partial charge in [0.25, 0.3) is 0 Å². The fraction of sp³-hybridized carbons (Fsp3) is 0.846. The summed E-state index contributed by atoms with van der Waals surface area (Å²) in [5, 5.41) is 11.3. The van der Waals surface area contributed by atoms with Gasteiger partial charge in [-0.2, -0.15) is 0 Å². The van der Waals surface area contributed by atoms with Crippen LogP contribution >= 0.6 is 0 Å². The monoisotopic (exact) mass is 243 g/mol. The first-order chi connectivity index (χ1) is 8.16. The highest BCUT2D eigenvalue weighted by Gasteiger charge is 1.97. The number of carbonyl (C=O) groups is 2. The van der Waals surface area contributed by atoms with E-state index in [0.29, 0.717) is 12.8 Å². The number of amides is 1. The minimum absolute atomic E-state index is 0.124. The third kappa shape index (κ3) is 12.9. The lowest BCUT2D eigenvalue weighted by Crippen LogP contribution is -2.23. The van der Waals surface area contributed by atoms with Crippen LogP contribution in [-0.2, 0) is 9.59 Å². The zero-order chi connectivity index (χ0) is 12.9. The Morgan fingerprint density at radius 1 is 0.941 bits per heavy atom. The van der Waals surface area contributed by atoms with E-state index in [1.165, 1.54) is 12.8 Å². The average Bonchev–Trinajstić information content (AvgIpc) is 2.30. The third-order valence-electron chi connectivity index (χ3n) is 2.71. The molecule has 0 fully saturated rings. The van der Waals surface area contributed by atoms with Crippen molar-refractivity contribution in [2.45, 2.75) is 64.7 Å². The molecule has 0 radical (unpaired) electrons. The van der Waals surface area contributed by atoms with Crippen LogP contribution in [0.15, 0.2) is 0 Å². The van der Waals surface area contributed by atoms with Crippen LogP contribution in [0.25, 0.3) is 0 Å². The van der Waals surface area contributed by atoms with Gasteiger partial charge in [-0.25, -0.2) is 0 Å². The van der Waals surface area contributed by atoms with E-state index in [-0.39, 0.29) is 5.91 Å². The molecule has 0 spiro atoms. The lowest BCUT2D eigenvalue weighted by molar-refractivity contribution is -0.137. The summed E-state index contributed by atoms with van der Waals surface area (Å²) in [7, 11) is 0. The molecule has 4 nitrogen and oxygen atoms in total. The van der Waals surface area contributed by atoms with Crippen molar-refractivity contribution >= 4 is 11.9 Å². The minimum atomic E-state index is -0.698. The van der Waals surface area contributed by atoms with Gasteiger partial charge >= 0.3 is 5.97 Å². The van der Waals surface area contributed by atoms with E-state index in [1.54, 1.807) is 0 Å². The Kier molecular flexibility index (Phi) is 10.7. The number of carbonyl (C=O) groups excluding carboxylic acids is 1. The summed E-state index contributed by atoms with van der Waals surface area (Å²) in [5.74, 6) is -0.574. The predicted molar refractivity (Wildman–Crippen MR) is 67.9 cm³/mol. The van der Waals surface area contributed by atoms with Crippen molar-refractivity contribution in [2.75, 3.05) is 6.54 Å². The number of carboxylic acid groups (broad SMARTS) is 1. The van der Waals surface area contributed by atoms with E-state index in [0.717, 1.165) is 38.6 Å². The van der Waals surface area contributed by atoms with Crippen LogP contribution in [0.3, 0.4) is 0 Å². The normalized spacial score (nSPS) is 10.2. The lowest BCUT2D eigenvalue weighted by atomic mass is 10.1. The largest absolute Gasteiger partial charge is 0.481 e. The van der Waals surface area contributed by atoms with Gasteiger partial charge in [0.2, 0.25) is 5.91 Å². The van der Waals surface area contributed by atoms with Crippen LogP contribution in [0.4, 0.5) is 0 Å². The molecule has 0 aromatic carbocycles. The van der Waals surface area contributed by atoms with Crippen LogP contribution in [0.2, 0.25) is 0 Å². The van der Waals surface area contributed by atoms with Crippen LogP contribution in [0.5, 0.6) is 0 Å². The van der Waals surface area contributed by atoms with Crippen LogP contribution < -0.4 is 5.32 Å². The standard InChI is InChI=1S/C13H25NO3/c1-2-12(15)14-11-9-7-5-3-4-6-8-10-13(16)17/h2-11H2,1H3,(H,14,15)(H,16,17). The highest BCUT2D eigenvalue weighted by atomic mass is 16.4. The third-order valence-corrected chi connectivity index (χ3v) is 2.71. The Balaban J connectivity index is 3.03. The van der Waals surface area contributed by atoms with Crippen molar-refractivity contribution in [2.24, 2.45) is 0 Å². The number of hydrogen-bond donors (Lipinski definition) is 2. The van der Waals surface area contributed by atoms with E-state index in [1.807, 2.05) is 6.92 Å². The average molecular weight is 243 g/mol. The Hall–Kier alpha value is -1.06. The molecule has 0 rings (SSSR count). The molecule has 0 bridgehead atoms. The molecule has 0 aromatic heterocycles. The van der Waals surface area contributed by atoms with Crippen molar-refractivity contribution < 1.29 is 14.7 Å². The maximum atomic E-state index is 10.9. The van der Waals surface area contributed by atoms with Gasteiger partial charge in [0.15, 0.2) is 0 Å². The van der Waals surface area contributed by atoms with Crippen molar-refractivity contribution in [3.8, 4) is 0 Å². The van der Waals surface area contributed by atoms with Gasteiger partial charge in [0, 0.05) is 19.4 Å². The number of rotatable bonds is 11. The van der Waals surface area contributed by atoms with E-state index in [2.05, 4.69) is 5.32 Å². The molecule has 0 unspecified atom stereocenters. The van der Waals surface area contributed by atoms with Gasteiger partial charge in [-0.15, -0.1) is 0 Å². The molecule has 0 aliphatic carbocycles. The van der Waals surface area contributed by atoms with E-state index >= 15 is 0 Å². The summed E-state index contributed by atoms with van der Waals surface area (Å²) < 4.78 is 0. The summed E-state index contributed by atoms with van der Waals surface area (Å²) in [5.41, 5.74) is 0. The van der Waals surface area contributed by atoms with Gasteiger partial charge in [-0.1, -0.05) is 39.0 Å². The maximum Gasteiger partial charge on any atom is 0.303 e. The molecule has 0 aromatic rings. The van der Waals surface area contributed by atoms with Crippen LogP contribution in [0, 0.1) is 0 Å². The Morgan fingerprint density at radius 2 is 1.47 bits per heavy atom. The van der Waals surface area contributed by atoms with Gasteiger partial charge < -0.3 is 10.4 Å². The fourth-order valence-electron chi connectivity index (χ4n) is 1.64. The number of nitrogens with one attached hydrogen (secondary N) is 1. The van der Waals surface area contributed by atoms with E-state index < -0.39 is 5.97 Å². The molecule has 0 aliphatic rings. The zero-order valence-electron chi connectivity index (χ0n) is 10.8. The number of aliphatic carboxylic acids is 1. The molecule has 1 amide bonds. The summed E-state index contributed by atoms with van der Waals surface area (Å²) >= 11 is 0. The topological polar surface area (TPSA) is 66.4 Å². The highest BCUT2D eigenvalue weighted by molar-refractivity contribution is 5.75. The molecule has 0 aliphatic heterocycles. The molecular formula is C13H25NO3. The van der Waals surface area contributed by atoms with E-state index in [4.69, 9.17) is 5.11 Å². The van der Waals surface area contributed by atoms with E-state index in [9.17, 15) is 9.59 Å². The molecule has 4 heteroatoms. The lowest BCUT2D eigenvalue weighted by Gasteiger charge is -2.03. The number of unbranched alkanes of at least 4 members (excludes halogenated alkanes) is 6. The number of hydrogen-bond acceptors (Lipinski definition) is 2.